The minimum atomic E-state index is -1.17. The molecule has 0 amide bonds. The molecule has 2 aromatic rings. The number of aromatic carboxylic acids is 1. The van der Waals surface area contributed by atoms with Crippen molar-refractivity contribution in [3.63, 3.8) is 0 Å². The van der Waals surface area contributed by atoms with Crippen LogP contribution in [0.25, 0.3) is 0 Å². The van der Waals surface area contributed by atoms with E-state index in [0.29, 0.717) is 5.69 Å². The fourth-order valence-electron chi connectivity index (χ4n) is 2.03. The summed E-state index contributed by atoms with van der Waals surface area (Å²) in [4.78, 5) is 11.0. The first-order valence-corrected chi connectivity index (χ1v) is 6.51. The Balaban J connectivity index is 2.30. The molecule has 0 radical (unpaired) electrons. The second kappa shape index (κ2) is 6.10. The fraction of sp³-hybridized carbons (Fsp3) is 0.133. The van der Waals surface area contributed by atoms with Gasteiger partial charge in [0.25, 0.3) is 0 Å². The largest absolute Gasteiger partial charge is 0.478 e. The number of rotatable bonds is 4. The van der Waals surface area contributed by atoms with Crippen molar-refractivity contribution in [1.82, 2.24) is 0 Å². The molecular weight excluding hydrogens is 300 g/mol. The van der Waals surface area contributed by atoms with Crippen LogP contribution in [0.15, 0.2) is 36.4 Å². The van der Waals surface area contributed by atoms with E-state index in [1.54, 1.807) is 13.0 Å². The molecule has 0 saturated carbocycles. The first kappa shape index (κ1) is 15.3. The summed E-state index contributed by atoms with van der Waals surface area (Å²) >= 11 is 5.77. The smallest absolute Gasteiger partial charge is 0.337 e. The highest BCUT2D eigenvalue weighted by molar-refractivity contribution is 6.33. The quantitative estimate of drug-likeness (QED) is 0.874. The Morgan fingerprint density at radius 2 is 1.86 bits per heavy atom. The third kappa shape index (κ3) is 3.31. The number of carboxylic acids is 1. The Morgan fingerprint density at radius 1 is 1.24 bits per heavy atom. The van der Waals surface area contributed by atoms with Crippen molar-refractivity contribution in [3.05, 3.63) is 64.2 Å². The summed E-state index contributed by atoms with van der Waals surface area (Å²) in [6.45, 7) is 1.58. The first-order chi connectivity index (χ1) is 9.90. The molecule has 0 aliphatic heterocycles. The summed E-state index contributed by atoms with van der Waals surface area (Å²) in [6, 6.07) is 7.23. The molecule has 2 aromatic carbocycles. The maximum Gasteiger partial charge on any atom is 0.337 e. The second-order valence-electron chi connectivity index (χ2n) is 4.50. The zero-order valence-corrected chi connectivity index (χ0v) is 11.8. The van der Waals surface area contributed by atoms with Crippen LogP contribution < -0.4 is 5.32 Å². The zero-order valence-electron chi connectivity index (χ0n) is 11.0. The van der Waals surface area contributed by atoms with E-state index in [1.165, 1.54) is 30.3 Å². The van der Waals surface area contributed by atoms with Gasteiger partial charge in [-0.15, -0.1) is 0 Å². The maximum atomic E-state index is 13.7. The molecule has 2 N–H and O–H groups in total. The van der Waals surface area contributed by atoms with Crippen molar-refractivity contribution in [2.75, 3.05) is 5.32 Å². The molecule has 1 atom stereocenters. The van der Waals surface area contributed by atoms with Gasteiger partial charge in [0.2, 0.25) is 0 Å². The summed E-state index contributed by atoms with van der Waals surface area (Å²) in [5.74, 6) is -2.50. The number of carbonyl (C=O) groups is 1. The molecule has 0 heterocycles. The maximum absolute atomic E-state index is 13.7. The van der Waals surface area contributed by atoms with Gasteiger partial charge >= 0.3 is 5.97 Å². The van der Waals surface area contributed by atoms with Crippen molar-refractivity contribution in [2.24, 2.45) is 0 Å². The van der Waals surface area contributed by atoms with E-state index >= 15 is 0 Å². The van der Waals surface area contributed by atoms with Crippen LogP contribution in [0.4, 0.5) is 14.5 Å². The van der Waals surface area contributed by atoms with E-state index in [-0.39, 0.29) is 16.1 Å². The van der Waals surface area contributed by atoms with E-state index in [1.807, 2.05) is 0 Å². The molecule has 6 heteroatoms. The molecule has 0 spiro atoms. The topological polar surface area (TPSA) is 49.3 Å². The van der Waals surface area contributed by atoms with Gasteiger partial charge in [-0.2, -0.15) is 0 Å². The lowest BCUT2D eigenvalue weighted by Gasteiger charge is -2.17. The summed E-state index contributed by atoms with van der Waals surface area (Å²) in [5.41, 5.74) is 0.221. The van der Waals surface area contributed by atoms with Crippen LogP contribution in [0.1, 0.15) is 28.9 Å². The molecule has 110 valence electrons. The van der Waals surface area contributed by atoms with Crippen LogP contribution in [0.2, 0.25) is 5.02 Å². The van der Waals surface area contributed by atoms with E-state index in [2.05, 4.69) is 5.32 Å². The number of hydrogen-bond donors (Lipinski definition) is 2. The molecule has 0 aliphatic carbocycles. The van der Waals surface area contributed by atoms with Gasteiger partial charge in [0.15, 0.2) is 0 Å². The number of halogens is 3. The standard InChI is InChI=1S/C15H12ClF2NO2/c1-8(14-12(17)3-2-4-13(14)18)19-9-5-6-11(16)10(7-9)15(20)21/h2-8,19H,1H3,(H,20,21). The first-order valence-electron chi connectivity index (χ1n) is 6.13. The highest BCUT2D eigenvalue weighted by atomic mass is 35.5. The van der Waals surface area contributed by atoms with Gasteiger partial charge in [-0.05, 0) is 37.3 Å². The Morgan fingerprint density at radius 3 is 2.43 bits per heavy atom. The molecule has 0 aromatic heterocycles. The number of nitrogens with one attached hydrogen (secondary N) is 1. The number of benzene rings is 2. The number of carboxylic acid groups (broad SMARTS) is 1. The van der Waals surface area contributed by atoms with Crippen molar-refractivity contribution < 1.29 is 18.7 Å². The van der Waals surface area contributed by atoms with Gasteiger partial charge in [0, 0.05) is 11.3 Å². The monoisotopic (exact) mass is 311 g/mol. The van der Waals surface area contributed by atoms with Crippen molar-refractivity contribution in [1.29, 1.82) is 0 Å². The van der Waals surface area contributed by atoms with Crippen LogP contribution in [0.3, 0.4) is 0 Å². The fourth-order valence-corrected chi connectivity index (χ4v) is 2.22. The highest BCUT2D eigenvalue weighted by Crippen LogP contribution is 2.26. The Bertz CT molecular complexity index is 671. The van der Waals surface area contributed by atoms with Gasteiger partial charge in [-0.1, -0.05) is 17.7 Å². The molecule has 3 nitrogen and oxygen atoms in total. The lowest BCUT2D eigenvalue weighted by Crippen LogP contribution is -2.11. The molecule has 0 fully saturated rings. The van der Waals surface area contributed by atoms with Gasteiger partial charge in [-0.3, -0.25) is 0 Å². The van der Waals surface area contributed by atoms with Crippen LogP contribution in [-0.2, 0) is 0 Å². The normalized spacial score (nSPS) is 12.0. The Labute approximate surface area is 125 Å². The van der Waals surface area contributed by atoms with Crippen molar-refractivity contribution in [2.45, 2.75) is 13.0 Å². The Hall–Kier alpha value is -2.14. The van der Waals surface area contributed by atoms with Gasteiger partial charge in [0.1, 0.15) is 11.6 Å². The lowest BCUT2D eigenvalue weighted by atomic mass is 10.1. The number of anilines is 1. The molecular formula is C15H12ClF2NO2. The number of hydrogen-bond acceptors (Lipinski definition) is 2. The minimum absolute atomic E-state index is 0.0807. The van der Waals surface area contributed by atoms with Crippen LogP contribution >= 0.6 is 11.6 Å². The van der Waals surface area contributed by atoms with Gasteiger partial charge < -0.3 is 10.4 Å². The third-order valence-corrected chi connectivity index (χ3v) is 3.34. The average Bonchev–Trinajstić information content (AvgIpc) is 2.40. The van der Waals surface area contributed by atoms with E-state index in [9.17, 15) is 13.6 Å². The summed E-state index contributed by atoms with van der Waals surface area (Å²) in [6.07, 6.45) is 0. The molecule has 2 rings (SSSR count). The van der Waals surface area contributed by atoms with Crippen LogP contribution in [-0.4, -0.2) is 11.1 Å². The van der Waals surface area contributed by atoms with Gasteiger partial charge in [0.05, 0.1) is 16.6 Å². The van der Waals surface area contributed by atoms with E-state index in [4.69, 9.17) is 16.7 Å². The molecule has 0 bridgehead atoms. The summed E-state index contributed by atoms with van der Waals surface area (Å²) in [5, 5.41) is 12.0. The van der Waals surface area contributed by atoms with E-state index < -0.39 is 23.6 Å². The molecule has 0 aliphatic rings. The van der Waals surface area contributed by atoms with Crippen LogP contribution in [0.5, 0.6) is 0 Å². The molecule has 21 heavy (non-hydrogen) atoms. The van der Waals surface area contributed by atoms with Crippen molar-refractivity contribution >= 4 is 23.3 Å². The predicted octanol–water partition coefficient (Wildman–Crippen LogP) is 4.49. The third-order valence-electron chi connectivity index (χ3n) is 3.01. The van der Waals surface area contributed by atoms with Crippen LogP contribution in [0, 0.1) is 11.6 Å². The zero-order chi connectivity index (χ0) is 15.6. The van der Waals surface area contributed by atoms with E-state index in [0.717, 1.165) is 0 Å². The Kier molecular flexibility index (Phi) is 4.43. The SMILES string of the molecule is CC(Nc1ccc(Cl)c(C(=O)O)c1)c1c(F)cccc1F. The lowest BCUT2D eigenvalue weighted by molar-refractivity contribution is 0.0697. The van der Waals surface area contributed by atoms with Crippen molar-refractivity contribution in [3.8, 4) is 0 Å². The predicted molar refractivity (Wildman–Crippen MR) is 76.8 cm³/mol. The average molecular weight is 312 g/mol. The molecule has 0 saturated heterocycles. The summed E-state index contributed by atoms with van der Waals surface area (Å²) < 4.78 is 27.4. The minimum Gasteiger partial charge on any atom is -0.478 e. The summed E-state index contributed by atoms with van der Waals surface area (Å²) in [7, 11) is 0. The highest BCUT2D eigenvalue weighted by Gasteiger charge is 2.17. The second-order valence-corrected chi connectivity index (χ2v) is 4.91. The van der Waals surface area contributed by atoms with Gasteiger partial charge in [-0.25, -0.2) is 13.6 Å². The molecule has 1 unspecified atom stereocenters.